The summed E-state index contributed by atoms with van der Waals surface area (Å²) in [7, 11) is 0. The van der Waals surface area contributed by atoms with Crippen molar-refractivity contribution in [2.24, 2.45) is 5.41 Å². The molecule has 0 radical (unpaired) electrons. The molecule has 1 fully saturated rings. The van der Waals surface area contributed by atoms with Crippen LogP contribution in [0, 0.1) is 5.41 Å². The van der Waals surface area contributed by atoms with Gasteiger partial charge in [0.15, 0.2) is 5.78 Å². The Kier molecular flexibility index (Phi) is 1.94. The van der Waals surface area contributed by atoms with Crippen molar-refractivity contribution >= 4 is 11.7 Å². The van der Waals surface area contributed by atoms with Crippen molar-refractivity contribution in [3.8, 4) is 0 Å². The van der Waals surface area contributed by atoms with Gasteiger partial charge in [-0.1, -0.05) is 19.3 Å². The Morgan fingerprint density at radius 1 is 1.15 bits per heavy atom. The molecule has 70 valence electrons. The zero-order valence-corrected chi connectivity index (χ0v) is 7.51. The van der Waals surface area contributed by atoms with E-state index in [0.29, 0.717) is 0 Å². The lowest BCUT2D eigenvalue weighted by molar-refractivity contribution is -0.142. The summed E-state index contributed by atoms with van der Waals surface area (Å²) in [5, 5.41) is 2.63. The van der Waals surface area contributed by atoms with Gasteiger partial charge in [0.1, 0.15) is 5.41 Å². The monoisotopic (exact) mass is 179 g/mol. The average molecular weight is 179 g/mol. The lowest BCUT2D eigenvalue weighted by Crippen LogP contribution is -2.48. The fourth-order valence-corrected chi connectivity index (χ4v) is 2.23. The third-order valence-corrected chi connectivity index (χ3v) is 3.06. The van der Waals surface area contributed by atoms with Crippen LogP contribution in [0.15, 0.2) is 12.3 Å². The number of carbonyl (C=O) groups excluding carboxylic acids is 2. The standard InChI is InChI=1S/C10H13NO2/c12-8-4-7-11-9(13)10(8)5-2-1-3-6-10/h4,7H,1-3,5-6H2,(H,11,13). The van der Waals surface area contributed by atoms with Crippen LogP contribution in [0.5, 0.6) is 0 Å². The van der Waals surface area contributed by atoms with Crippen molar-refractivity contribution in [2.45, 2.75) is 32.1 Å². The highest BCUT2D eigenvalue weighted by atomic mass is 16.2. The average Bonchev–Trinajstić information content (AvgIpc) is 2.16. The van der Waals surface area contributed by atoms with E-state index in [1.165, 1.54) is 12.3 Å². The van der Waals surface area contributed by atoms with Crippen LogP contribution in [0.25, 0.3) is 0 Å². The molecule has 1 aliphatic carbocycles. The molecule has 1 amide bonds. The molecule has 1 spiro atoms. The van der Waals surface area contributed by atoms with Crippen molar-refractivity contribution in [2.75, 3.05) is 0 Å². The van der Waals surface area contributed by atoms with E-state index in [9.17, 15) is 9.59 Å². The van der Waals surface area contributed by atoms with E-state index >= 15 is 0 Å². The van der Waals surface area contributed by atoms with E-state index in [2.05, 4.69) is 5.32 Å². The summed E-state index contributed by atoms with van der Waals surface area (Å²) in [5.41, 5.74) is -0.701. The zero-order valence-electron chi connectivity index (χ0n) is 7.51. The molecule has 1 heterocycles. The van der Waals surface area contributed by atoms with Crippen LogP contribution in [0.1, 0.15) is 32.1 Å². The molecule has 1 aliphatic heterocycles. The third-order valence-electron chi connectivity index (χ3n) is 3.06. The molecular weight excluding hydrogens is 166 g/mol. The molecule has 1 N–H and O–H groups in total. The van der Waals surface area contributed by atoms with E-state index in [1.807, 2.05) is 0 Å². The summed E-state index contributed by atoms with van der Waals surface area (Å²) in [4.78, 5) is 23.2. The number of amides is 1. The molecule has 0 atom stereocenters. The molecule has 0 bridgehead atoms. The number of hydrogen-bond donors (Lipinski definition) is 1. The summed E-state index contributed by atoms with van der Waals surface area (Å²) in [6, 6.07) is 0. The Hall–Kier alpha value is -1.12. The largest absolute Gasteiger partial charge is 0.332 e. The Labute approximate surface area is 77.2 Å². The van der Waals surface area contributed by atoms with Gasteiger partial charge in [0.2, 0.25) is 5.91 Å². The van der Waals surface area contributed by atoms with Crippen LogP contribution in [0.3, 0.4) is 0 Å². The number of hydrogen-bond acceptors (Lipinski definition) is 2. The Morgan fingerprint density at radius 3 is 2.46 bits per heavy atom. The molecule has 0 aromatic rings. The molecule has 1 saturated carbocycles. The van der Waals surface area contributed by atoms with Crippen molar-refractivity contribution in [3.63, 3.8) is 0 Å². The highest BCUT2D eigenvalue weighted by molar-refractivity contribution is 6.13. The normalized spacial score (nSPS) is 26.2. The van der Waals surface area contributed by atoms with Gasteiger partial charge in [-0.15, -0.1) is 0 Å². The van der Waals surface area contributed by atoms with Gasteiger partial charge in [0.05, 0.1) is 0 Å². The van der Waals surface area contributed by atoms with Gasteiger partial charge in [-0.2, -0.15) is 0 Å². The molecule has 0 saturated heterocycles. The maximum atomic E-state index is 11.6. The van der Waals surface area contributed by atoms with E-state index < -0.39 is 5.41 Å². The predicted molar refractivity (Wildman–Crippen MR) is 47.8 cm³/mol. The fourth-order valence-electron chi connectivity index (χ4n) is 2.23. The Morgan fingerprint density at radius 2 is 1.85 bits per heavy atom. The van der Waals surface area contributed by atoms with Crippen molar-refractivity contribution in [1.82, 2.24) is 5.32 Å². The maximum Gasteiger partial charge on any atom is 0.237 e. The van der Waals surface area contributed by atoms with E-state index in [0.717, 1.165) is 32.1 Å². The molecule has 3 nitrogen and oxygen atoms in total. The fraction of sp³-hybridized carbons (Fsp3) is 0.600. The minimum atomic E-state index is -0.701. The molecule has 0 aromatic heterocycles. The van der Waals surface area contributed by atoms with E-state index in [-0.39, 0.29) is 11.7 Å². The van der Waals surface area contributed by atoms with Crippen LogP contribution in [0.4, 0.5) is 0 Å². The van der Waals surface area contributed by atoms with Gasteiger partial charge < -0.3 is 5.32 Å². The minimum absolute atomic E-state index is 0.00375. The molecule has 13 heavy (non-hydrogen) atoms. The van der Waals surface area contributed by atoms with Crippen molar-refractivity contribution < 1.29 is 9.59 Å². The first-order valence-corrected chi connectivity index (χ1v) is 4.78. The summed E-state index contributed by atoms with van der Waals surface area (Å²) in [6.07, 6.45) is 7.52. The molecule has 2 aliphatic rings. The second-order valence-corrected chi connectivity index (χ2v) is 3.81. The second-order valence-electron chi connectivity index (χ2n) is 3.81. The second kappa shape index (κ2) is 2.98. The molecule has 2 rings (SSSR count). The first-order valence-electron chi connectivity index (χ1n) is 4.78. The summed E-state index contributed by atoms with van der Waals surface area (Å²) >= 11 is 0. The maximum absolute atomic E-state index is 11.6. The quantitative estimate of drug-likeness (QED) is 0.567. The lowest BCUT2D eigenvalue weighted by atomic mass is 9.69. The van der Waals surface area contributed by atoms with Crippen molar-refractivity contribution in [1.29, 1.82) is 0 Å². The Bertz CT molecular complexity index is 275. The van der Waals surface area contributed by atoms with Crippen LogP contribution in [0.2, 0.25) is 0 Å². The Balaban J connectivity index is 2.31. The van der Waals surface area contributed by atoms with Crippen molar-refractivity contribution in [3.05, 3.63) is 12.3 Å². The van der Waals surface area contributed by atoms with Gasteiger partial charge >= 0.3 is 0 Å². The third kappa shape index (κ3) is 1.19. The van der Waals surface area contributed by atoms with Gasteiger partial charge in [-0.3, -0.25) is 9.59 Å². The molecule has 0 aromatic carbocycles. The molecular formula is C10H13NO2. The summed E-state index contributed by atoms with van der Waals surface area (Å²) < 4.78 is 0. The predicted octanol–water partition coefficient (Wildman–Crippen LogP) is 1.15. The van der Waals surface area contributed by atoms with Crippen LogP contribution in [-0.2, 0) is 9.59 Å². The van der Waals surface area contributed by atoms with Gasteiger partial charge in [0, 0.05) is 6.20 Å². The highest BCUT2D eigenvalue weighted by Gasteiger charge is 2.45. The zero-order chi connectivity index (χ0) is 9.31. The SMILES string of the molecule is O=C1C=CNC(=O)C12CCCCC2. The van der Waals surface area contributed by atoms with Crippen LogP contribution < -0.4 is 5.32 Å². The number of ketones is 1. The van der Waals surface area contributed by atoms with E-state index in [4.69, 9.17) is 0 Å². The lowest BCUT2D eigenvalue weighted by Gasteiger charge is -2.34. The first kappa shape index (κ1) is 8.48. The number of nitrogens with one attached hydrogen (secondary N) is 1. The smallest absolute Gasteiger partial charge is 0.237 e. The van der Waals surface area contributed by atoms with Gasteiger partial charge in [-0.25, -0.2) is 0 Å². The van der Waals surface area contributed by atoms with Crippen LogP contribution >= 0.6 is 0 Å². The van der Waals surface area contributed by atoms with Crippen LogP contribution in [-0.4, -0.2) is 11.7 Å². The molecule has 3 heteroatoms. The molecule has 0 unspecified atom stereocenters. The topological polar surface area (TPSA) is 46.2 Å². The highest BCUT2D eigenvalue weighted by Crippen LogP contribution is 2.38. The van der Waals surface area contributed by atoms with Gasteiger partial charge in [-0.05, 0) is 18.9 Å². The summed E-state index contributed by atoms with van der Waals surface area (Å²) in [5.74, 6) is -0.101. The first-order chi connectivity index (χ1) is 6.26. The number of rotatable bonds is 0. The van der Waals surface area contributed by atoms with E-state index in [1.54, 1.807) is 0 Å². The summed E-state index contributed by atoms with van der Waals surface area (Å²) in [6.45, 7) is 0. The minimum Gasteiger partial charge on any atom is -0.332 e. The number of carbonyl (C=O) groups is 2. The number of allylic oxidation sites excluding steroid dienone is 1. The van der Waals surface area contributed by atoms with Gasteiger partial charge in [0.25, 0.3) is 0 Å².